The van der Waals surface area contributed by atoms with Crippen molar-refractivity contribution in [3.8, 4) is 0 Å². The van der Waals surface area contributed by atoms with Gasteiger partial charge in [-0.15, -0.1) is 11.3 Å². The zero-order valence-corrected chi connectivity index (χ0v) is 13.1. The zero-order valence-electron chi connectivity index (χ0n) is 11.5. The summed E-state index contributed by atoms with van der Waals surface area (Å²) in [6.07, 6.45) is 3.04. The number of hydrogen-bond donors (Lipinski definition) is 3. The van der Waals surface area contributed by atoms with Gasteiger partial charge in [0.05, 0.1) is 4.90 Å². The van der Waals surface area contributed by atoms with Crippen LogP contribution >= 0.6 is 11.3 Å². The number of hydrogen-bond acceptors (Lipinski definition) is 6. The highest BCUT2D eigenvalue weighted by molar-refractivity contribution is 7.93. The van der Waals surface area contributed by atoms with Crippen LogP contribution in [0.5, 0.6) is 0 Å². The molecule has 10 heteroatoms. The van der Waals surface area contributed by atoms with E-state index in [0.29, 0.717) is 11.8 Å². The van der Waals surface area contributed by atoms with Gasteiger partial charge < -0.3 is 10.4 Å². The van der Waals surface area contributed by atoms with Crippen molar-refractivity contribution in [1.82, 2.24) is 4.98 Å². The van der Waals surface area contributed by atoms with E-state index >= 15 is 0 Å². The van der Waals surface area contributed by atoms with E-state index in [2.05, 4.69) is 15.0 Å². The second-order valence-corrected chi connectivity index (χ2v) is 6.70. The van der Waals surface area contributed by atoms with Gasteiger partial charge in [0.1, 0.15) is 0 Å². The highest BCUT2D eigenvalue weighted by Crippen LogP contribution is 2.19. The number of carbonyl (C=O) groups is 2. The first-order valence-corrected chi connectivity index (χ1v) is 8.47. The molecule has 0 aliphatic carbocycles. The maximum atomic E-state index is 12.1. The van der Waals surface area contributed by atoms with Gasteiger partial charge in [-0.3, -0.25) is 9.52 Å². The third kappa shape index (κ3) is 4.90. The lowest BCUT2D eigenvalue weighted by molar-refractivity contribution is -0.131. The van der Waals surface area contributed by atoms with Crippen molar-refractivity contribution in [2.24, 2.45) is 0 Å². The predicted molar refractivity (Wildman–Crippen MR) is 84.8 cm³/mol. The summed E-state index contributed by atoms with van der Waals surface area (Å²) in [6.45, 7) is 0. The quantitative estimate of drug-likeness (QED) is 0.676. The van der Waals surface area contributed by atoms with Gasteiger partial charge in [-0.25, -0.2) is 18.2 Å². The van der Waals surface area contributed by atoms with Gasteiger partial charge in [-0.2, -0.15) is 0 Å². The minimum atomic E-state index is -3.76. The SMILES string of the molecule is O=C(O)/C=C/C(=O)Nc1ccc(S(=O)(=O)Nc2nccs2)cc1. The Morgan fingerprint density at radius 2 is 1.87 bits per heavy atom. The van der Waals surface area contributed by atoms with Crippen molar-refractivity contribution >= 4 is 44.1 Å². The van der Waals surface area contributed by atoms with Gasteiger partial charge in [-0.05, 0) is 24.3 Å². The van der Waals surface area contributed by atoms with E-state index in [1.807, 2.05) is 0 Å². The fourth-order valence-electron chi connectivity index (χ4n) is 1.50. The Bertz CT molecular complexity index is 827. The zero-order chi connectivity index (χ0) is 16.9. The van der Waals surface area contributed by atoms with E-state index in [1.165, 1.54) is 30.5 Å². The summed E-state index contributed by atoms with van der Waals surface area (Å²) in [5.74, 6) is -1.88. The molecule has 0 bridgehead atoms. The van der Waals surface area contributed by atoms with Crippen LogP contribution in [0.1, 0.15) is 0 Å². The van der Waals surface area contributed by atoms with Gasteiger partial charge in [0.2, 0.25) is 5.91 Å². The number of carboxylic acids is 1. The van der Waals surface area contributed by atoms with Gasteiger partial charge in [0.25, 0.3) is 10.0 Å². The first-order chi connectivity index (χ1) is 10.9. The molecular formula is C13H11N3O5S2. The van der Waals surface area contributed by atoms with E-state index in [1.54, 1.807) is 5.38 Å². The topological polar surface area (TPSA) is 125 Å². The highest BCUT2D eigenvalue weighted by atomic mass is 32.2. The molecule has 2 rings (SSSR count). The van der Waals surface area contributed by atoms with E-state index in [4.69, 9.17) is 5.11 Å². The van der Waals surface area contributed by atoms with Gasteiger partial charge in [-0.1, -0.05) is 0 Å². The molecule has 23 heavy (non-hydrogen) atoms. The molecule has 0 saturated heterocycles. The number of carboxylic acid groups (broad SMARTS) is 1. The lowest BCUT2D eigenvalue weighted by atomic mass is 10.3. The molecule has 0 fully saturated rings. The van der Waals surface area contributed by atoms with Gasteiger partial charge in [0, 0.05) is 29.4 Å². The predicted octanol–water partition coefficient (Wildman–Crippen LogP) is 1.52. The number of nitrogens with one attached hydrogen (secondary N) is 2. The average molecular weight is 353 g/mol. The van der Waals surface area contributed by atoms with Crippen LogP contribution in [0.4, 0.5) is 10.8 Å². The lowest BCUT2D eigenvalue weighted by Crippen LogP contribution is -2.13. The average Bonchev–Trinajstić information content (AvgIpc) is 2.98. The maximum Gasteiger partial charge on any atom is 0.328 e. The molecule has 0 radical (unpaired) electrons. The first kappa shape index (κ1) is 16.6. The number of benzene rings is 1. The Morgan fingerprint density at radius 1 is 1.17 bits per heavy atom. The Kier molecular flexibility index (Phi) is 5.09. The number of amides is 1. The normalized spacial score (nSPS) is 11.3. The second kappa shape index (κ2) is 7.03. The van der Waals surface area contributed by atoms with Crippen molar-refractivity contribution in [3.63, 3.8) is 0 Å². The summed E-state index contributed by atoms with van der Waals surface area (Å²) >= 11 is 1.15. The number of nitrogens with zero attached hydrogens (tertiary/aromatic N) is 1. The summed E-state index contributed by atoms with van der Waals surface area (Å²) in [5, 5.41) is 12.7. The van der Waals surface area contributed by atoms with Crippen molar-refractivity contribution in [3.05, 3.63) is 48.0 Å². The standard InChI is InChI=1S/C13H11N3O5S2/c17-11(5-6-12(18)19)15-9-1-3-10(4-2-9)23(20,21)16-13-14-7-8-22-13/h1-8H,(H,14,16)(H,15,17)(H,18,19)/b6-5+. The number of anilines is 2. The van der Waals surface area contributed by atoms with Crippen LogP contribution in [0.2, 0.25) is 0 Å². The summed E-state index contributed by atoms with van der Waals surface area (Å²) in [7, 11) is -3.76. The fraction of sp³-hybridized carbons (Fsp3) is 0. The molecule has 1 aromatic carbocycles. The third-order valence-electron chi connectivity index (χ3n) is 2.46. The molecule has 1 heterocycles. The molecule has 2 aromatic rings. The van der Waals surface area contributed by atoms with Crippen LogP contribution in [-0.4, -0.2) is 30.4 Å². The number of carbonyl (C=O) groups excluding carboxylic acids is 1. The van der Waals surface area contributed by atoms with Crippen LogP contribution in [0.25, 0.3) is 0 Å². The monoisotopic (exact) mass is 353 g/mol. The smallest absolute Gasteiger partial charge is 0.328 e. The Morgan fingerprint density at radius 3 is 2.43 bits per heavy atom. The van der Waals surface area contributed by atoms with Gasteiger partial charge in [0.15, 0.2) is 5.13 Å². The van der Waals surface area contributed by atoms with E-state index in [9.17, 15) is 18.0 Å². The van der Waals surface area contributed by atoms with Crippen LogP contribution < -0.4 is 10.0 Å². The molecule has 8 nitrogen and oxygen atoms in total. The molecule has 1 aromatic heterocycles. The molecule has 3 N–H and O–H groups in total. The largest absolute Gasteiger partial charge is 0.478 e. The molecule has 0 saturated carbocycles. The Hall–Kier alpha value is -2.72. The fourth-order valence-corrected chi connectivity index (χ4v) is 3.28. The summed E-state index contributed by atoms with van der Waals surface area (Å²) in [4.78, 5) is 25.5. The summed E-state index contributed by atoms with van der Waals surface area (Å²) in [6, 6.07) is 5.41. The molecule has 1 amide bonds. The van der Waals surface area contributed by atoms with E-state index < -0.39 is 21.9 Å². The van der Waals surface area contributed by atoms with Crippen LogP contribution in [0, 0.1) is 0 Å². The van der Waals surface area contributed by atoms with Crippen molar-refractivity contribution < 1.29 is 23.1 Å². The number of sulfonamides is 1. The molecule has 0 atom stereocenters. The number of aromatic nitrogens is 1. The Labute approximate surface area is 135 Å². The third-order valence-corrected chi connectivity index (χ3v) is 4.64. The molecule has 0 aliphatic heterocycles. The first-order valence-electron chi connectivity index (χ1n) is 6.11. The molecule has 0 unspecified atom stereocenters. The maximum absolute atomic E-state index is 12.1. The van der Waals surface area contributed by atoms with Crippen LogP contribution in [0.15, 0.2) is 52.9 Å². The summed E-state index contributed by atoms with van der Waals surface area (Å²) < 4.78 is 26.5. The molecule has 120 valence electrons. The van der Waals surface area contributed by atoms with Crippen LogP contribution in [-0.2, 0) is 19.6 Å². The molecular weight excluding hydrogens is 342 g/mol. The summed E-state index contributed by atoms with van der Waals surface area (Å²) in [5.41, 5.74) is 0.332. The van der Waals surface area contributed by atoms with Crippen molar-refractivity contribution in [2.45, 2.75) is 4.90 Å². The second-order valence-electron chi connectivity index (χ2n) is 4.13. The van der Waals surface area contributed by atoms with Crippen LogP contribution in [0.3, 0.4) is 0 Å². The molecule has 0 spiro atoms. The molecule has 0 aliphatic rings. The Balaban J connectivity index is 2.07. The van der Waals surface area contributed by atoms with E-state index in [-0.39, 0.29) is 10.0 Å². The van der Waals surface area contributed by atoms with Crippen molar-refractivity contribution in [1.29, 1.82) is 0 Å². The lowest BCUT2D eigenvalue weighted by Gasteiger charge is -2.06. The minimum Gasteiger partial charge on any atom is -0.478 e. The van der Waals surface area contributed by atoms with E-state index in [0.717, 1.165) is 17.4 Å². The highest BCUT2D eigenvalue weighted by Gasteiger charge is 2.15. The number of aliphatic carboxylic acids is 1. The van der Waals surface area contributed by atoms with Crippen molar-refractivity contribution in [2.75, 3.05) is 10.0 Å². The van der Waals surface area contributed by atoms with Gasteiger partial charge >= 0.3 is 5.97 Å². The minimum absolute atomic E-state index is 0.00628. The number of rotatable bonds is 6. The number of thiazole rings is 1.